The Labute approximate surface area is 84.7 Å². The molecule has 76 valence electrons. The fourth-order valence-electron chi connectivity index (χ4n) is 0.894. The van der Waals surface area contributed by atoms with Crippen LogP contribution in [-0.2, 0) is 0 Å². The second kappa shape index (κ2) is 5.23. The Morgan fingerprint density at radius 3 is 2.54 bits per heavy atom. The summed E-state index contributed by atoms with van der Waals surface area (Å²) >= 11 is 2.96. The topological polar surface area (TPSA) is 80.9 Å². The Morgan fingerprint density at radius 1 is 1.38 bits per heavy atom. The van der Waals surface area contributed by atoms with Crippen molar-refractivity contribution < 1.29 is 20.4 Å². The van der Waals surface area contributed by atoms with Gasteiger partial charge in [-0.2, -0.15) is 0 Å². The average Bonchev–Trinajstić information content (AvgIpc) is 2.67. The van der Waals surface area contributed by atoms with E-state index in [1.165, 1.54) is 23.5 Å². The Kier molecular flexibility index (Phi) is 4.57. The molecule has 13 heavy (non-hydrogen) atoms. The second-order valence-corrected chi connectivity index (χ2v) is 4.91. The minimum absolute atomic E-state index is 0.552. The highest BCUT2D eigenvalue weighted by molar-refractivity contribution is 8.22. The van der Waals surface area contributed by atoms with Gasteiger partial charge in [0.05, 0.1) is 6.61 Å². The van der Waals surface area contributed by atoms with Crippen molar-refractivity contribution in [1.29, 1.82) is 0 Å². The van der Waals surface area contributed by atoms with E-state index in [1.807, 2.05) is 0 Å². The molecule has 1 rings (SSSR count). The van der Waals surface area contributed by atoms with Crippen molar-refractivity contribution in [3.05, 3.63) is 10.3 Å². The number of rotatable bonds is 4. The van der Waals surface area contributed by atoms with Gasteiger partial charge in [0.25, 0.3) is 0 Å². The van der Waals surface area contributed by atoms with Gasteiger partial charge in [-0.3, -0.25) is 0 Å². The number of hydrogen-bond donors (Lipinski definition) is 4. The van der Waals surface area contributed by atoms with E-state index in [4.69, 9.17) is 10.2 Å². The highest BCUT2D eigenvalue weighted by Crippen LogP contribution is 2.35. The molecular formula is C7H12O4S2. The summed E-state index contributed by atoms with van der Waals surface area (Å²) in [6, 6.07) is 0. The molecule has 1 heterocycles. The largest absolute Gasteiger partial charge is 0.394 e. The average molecular weight is 224 g/mol. The first-order chi connectivity index (χ1) is 6.16. The normalized spacial score (nSPS) is 23.8. The van der Waals surface area contributed by atoms with E-state index in [-0.39, 0.29) is 0 Å². The smallest absolute Gasteiger partial charge is 0.114 e. The number of aliphatic hydroxyl groups excluding tert-OH is 4. The molecule has 0 amide bonds. The van der Waals surface area contributed by atoms with Gasteiger partial charge in [-0.05, 0) is 5.41 Å². The van der Waals surface area contributed by atoms with E-state index in [1.54, 1.807) is 5.41 Å². The first-order valence-corrected chi connectivity index (χ1v) is 5.79. The van der Waals surface area contributed by atoms with Crippen LogP contribution in [0.3, 0.4) is 0 Å². The van der Waals surface area contributed by atoms with Crippen LogP contribution in [0.15, 0.2) is 10.3 Å². The van der Waals surface area contributed by atoms with Crippen molar-refractivity contribution in [2.75, 3.05) is 11.7 Å². The van der Waals surface area contributed by atoms with Crippen LogP contribution in [0.5, 0.6) is 0 Å². The first kappa shape index (κ1) is 11.4. The minimum Gasteiger partial charge on any atom is -0.394 e. The van der Waals surface area contributed by atoms with E-state index < -0.39 is 24.9 Å². The van der Waals surface area contributed by atoms with Crippen LogP contribution in [0.25, 0.3) is 0 Å². The molecule has 1 aliphatic rings. The molecule has 4 N–H and O–H groups in total. The molecular weight excluding hydrogens is 212 g/mol. The third kappa shape index (κ3) is 2.87. The Hall–Kier alpha value is 0.280. The zero-order chi connectivity index (χ0) is 9.84. The Morgan fingerprint density at radius 2 is 2.08 bits per heavy atom. The van der Waals surface area contributed by atoms with Gasteiger partial charge in [0.1, 0.15) is 18.3 Å². The van der Waals surface area contributed by atoms with Crippen LogP contribution in [0.4, 0.5) is 0 Å². The van der Waals surface area contributed by atoms with Crippen molar-refractivity contribution >= 4 is 23.5 Å². The van der Waals surface area contributed by atoms with E-state index in [2.05, 4.69) is 0 Å². The summed E-state index contributed by atoms with van der Waals surface area (Å²) in [7, 11) is 0. The maximum Gasteiger partial charge on any atom is 0.114 e. The Balaban J connectivity index is 2.50. The number of hydrogen-bond acceptors (Lipinski definition) is 6. The molecule has 0 saturated carbocycles. The first-order valence-electron chi connectivity index (χ1n) is 3.76. The number of thioether (sulfide) groups is 2. The highest BCUT2D eigenvalue weighted by Gasteiger charge is 2.28. The second-order valence-electron chi connectivity index (χ2n) is 2.63. The highest BCUT2D eigenvalue weighted by atomic mass is 32.2. The molecule has 0 aromatic carbocycles. The summed E-state index contributed by atoms with van der Waals surface area (Å²) in [6.07, 6.45) is -3.70. The molecule has 0 aromatic heterocycles. The molecule has 3 unspecified atom stereocenters. The maximum atomic E-state index is 9.50. The van der Waals surface area contributed by atoms with E-state index in [0.29, 0.717) is 4.91 Å². The molecule has 1 aliphatic heterocycles. The van der Waals surface area contributed by atoms with Crippen molar-refractivity contribution in [3.8, 4) is 0 Å². The lowest BCUT2D eigenvalue weighted by atomic mass is 10.1. The van der Waals surface area contributed by atoms with Crippen LogP contribution >= 0.6 is 23.5 Å². The molecule has 0 bridgehead atoms. The summed E-state index contributed by atoms with van der Waals surface area (Å²) < 4.78 is 0. The SMILES string of the molecule is OCC(O)C(O)C(O)C1=CSCS1. The van der Waals surface area contributed by atoms with Gasteiger partial charge in [0.15, 0.2) is 0 Å². The predicted octanol–water partition coefficient (Wildman–Crippen LogP) is -0.660. The van der Waals surface area contributed by atoms with Crippen LogP contribution in [-0.4, -0.2) is 50.4 Å². The summed E-state index contributed by atoms with van der Waals surface area (Å²) in [5, 5.41) is 39.0. The molecule has 0 saturated heterocycles. The van der Waals surface area contributed by atoms with Gasteiger partial charge < -0.3 is 20.4 Å². The molecule has 4 nitrogen and oxygen atoms in total. The van der Waals surface area contributed by atoms with Crippen LogP contribution in [0.1, 0.15) is 0 Å². The van der Waals surface area contributed by atoms with Crippen LogP contribution in [0, 0.1) is 0 Å². The minimum atomic E-state index is -1.32. The van der Waals surface area contributed by atoms with Crippen molar-refractivity contribution in [3.63, 3.8) is 0 Å². The van der Waals surface area contributed by atoms with Crippen molar-refractivity contribution in [1.82, 2.24) is 0 Å². The van der Waals surface area contributed by atoms with E-state index >= 15 is 0 Å². The predicted molar refractivity (Wildman–Crippen MR) is 53.2 cm³/mol. The summed E-state index contributed by atoms with van der Waals surface area (Å²) in [6.45, 7) is -0.552. The fraction of sp³-hybridized carbons (Fsp3) is 0.714. The molecule has 0 radical (unpaired) electrons. The van der Waals surface area contributed by atoms with E-state index in [0.717, 1.165) is 5.08 Å². The summed E-state index contributed by atoms with van der Waals surface area (Å²) in [5.41, 5.74) is 0. The Bertz CT molecular complexity index is 197. The van der Waals surface area contributed by atoms with Gasteiger partial charge in [-0.25, -0.2) is 0 Å². The lowest BCUT2D eigenvalue weighted by molar-refractivity contribution is -0.0620. The van der Waals surface area contributed by atoms with Gasteiger partial charge in [0.2, 0.25) is 0 Å². The molecule has 0 fully saturated rings. The van der Waals surface area contributed by atoms with Crippen molar-refractivity contribution in [2.45, 2.75) is 18.3 Å². The molecule has 0 aromatic rings. The molecule has 0 spiro atoms. The molecule has 3 atom stereocenters. The van der Waals surface area contributed by atoms with Gasteiger partial charge in [-0.15, -0.1) is 23.5 Å². The lowest BCUT2D eigenvalue weighted by Crippen LogP contribution is -2.39. The van der Waals surface area contributed by atoms with Crippen LogP contribution in [0.2, 0.25) is 0 Å². The fourth-order valence-corrected chi connectivity index (χ4v) is 3.07. The van der Waals surface area contributed by atoms with Gasteiger partial charge >= 0.3 is 0 Å². The maximum absolute atomic E-state index is 9.50. The van der Waals surface area contributed by atoms with Crippen LogP contribution < -0.4 is 0 Å². The summed E-state index contributed by atoms with van der Waals surface area (Å²) in [4.78, 5) is 0.644. The standard InChI is InChI=1S/C7H12O4S2/c8-1-4(9)6(10)7(11)5-2-12-3-13-5/h2,4,6-11H,1,3H2. The summed E-state index contributed by atoms with van der Waals surface area (Å²) in [5.74, 6) is 0. The molecule has 0 aliphatic carbocycles. The monoisotopic (exact) mass is 224 g/mol. The lowest BCUT2D eigenvalue weighted by Gasteiger charge is -2.21. The third-order valence-corrected chi connectivity index (χ3v) is 3.97. The van der Waals surface area contributed by atoms with E-state index in [9.17, 15) is 10.2 Å². The zero-order valence-electron chi connectivity index (χ0n) is 6.83. The molecule has 6 heteroatoms. The van der Waals surface area contributed by atoms with Crippen molar-refractivity contribution in [2.24, 2.45) is 0 Å². The third-order valence-electron chi connectivity index (χ3n) is 1.69. The quantitative estimate of drug-likeness (QED) is 0.508. The zero-order valence-corrected chi connectivity index (χ0v) is 8.46. The number of aliphatic hydroxyl groups is 4. The van der Waals surface area contributed by atoms with Gasteiger partial charge in [-0.1, -0.05) is 0 Å². The van der Waals surface area contributed by atoms with Gasteiger partial charge in [0, 0.05) is 9.99 Å².